The molecule has 1 unspecified atom stereocenters. The van der Waals surface area contributed by atoms with Crippen LogP contribution < -0.4 is 19.5 Å². The Balaban J connectivity index is 2.04. The van der Waals surface area contributed by atoms with E-state index in [0.717, 1.165) is 6.42 Å². The zero-order chi connectivity index (χ0) is 23.6. The molecule has 1 amide bonds. The number of carbonyl (C=O) groups is 1. The highest BCUT2D eigenvalue weighted by molar-refractivity contribution is 7.10. The van der Waals surface area contributed by atoms with Crippen molar-refractivity contribution in [3.63, 3.8) is 0 Å². The Labute approximate surface area is 197 Å². The van der Waals surface area contributed by atoms with Crippen LogP contribution in [0.2, 0.25) is 19.1 Å². The third-order valence-corrected chi connectivity index (χ3v) is 9.05. The number of nitrogens with one attached hydrogen (secondary N) is 1. The largest absolute Gasteiger partial charge is 0.493 e. The second-order valence-electron chi connectivity index (χ2n) is 8.34. The van der Waals surface area contributed by atoms with Crippen molar-refractivity contribution in [2.45, 2.75) is 51.2 Å². The van der Waals surface area contributed by atoms with Crippen LogP contribution in [-0.4, -0.2) is 48.7 Å². The Kier molecular flexibility index (Phi) is 10.5. The zero-order valence-corrected chi connectivity index (χ0v) is 22.0. The summed E-state index contributed by atoms with van der Waals surface area (Å²) >= 11 is 1.72. The van der Waals surface area contributed by atoms with Gasteiger partial charge in [0.2, 0.25) is 5.75 Å². The predicted molar refractivity (Wildman–Crippen MR) is 133 cm³/mol. The summed E-state index contributed by atoms with van der Waals surface area (Å²) in [5.41, 5.74) is 0.466. The fourth-order valence-electron chi connectivity index (χ4n) is 3.55. The SMILES string of the molecule is CCCC[Si](C)(C)OCCC(CNC(=O)c1cc(OC)c(OC)c(OC)c1)c1cccs1. The molecule has 0 bridgehead atoms. The fourth-order valence-corrected chi connectivity index (χ4v) is 6.44. The predicted octanol–water partition coefficient (Wildman–Crippen LogP) is 5.70. The van der Waals surface area contributed by atoms with E-state index in [4.69, 9.17) is 18.6 Å². The molecule has 2 aromatic rings. The Hall–Kier alpha value is -2.03. The summed E-state index contributed by atoms with van der Waals surface area (Å²) < 4.78 is 22.4. The molecular weight excluding hydrogens is 442 g/mol. The lowest BCUT2D eigenvalue weighted by Gasteiger charge is -2.24. The second-order valence-corrected chi connectivity index (χ2v) is 13.6. The van der Waals surface area contributed by atoms with Crippen LogP contribution >= 0.6 is 11.3 Å². The van der Waals surface area contributed by atoms with E-state index in [1.165, 1.54) is 38.0 Å². The number of hydrogen-bond acceptors (Lipinski definition) is 6. The summed E-state index contributed by atoms with van der Waals surface area (Å²) in [6, 6.07) is 8.70. The van der Waals surface area contributed by atoms with Crippen molar-refractivity contribution < 1.29 is 23.4 Å². The normalized spacial score (nSPS) is 12.3. The number of carbonyl (C=O) groups excluding carboxylic acids is 1. The molecule has 1 aromatic heterocycles. The standard InChI is InChI=1S/C24H37NO5SSi/c1-7-8-14-32(5,6)30-12-11-18(22-10-9-13-31-22)17-25-24(26)19-15-20(27-2)23(29-4)21(16-19)28-3/h9-10,13,15-16,18H,7-8,11-12,14,17H2,1-6H3,(H,25,26). The summed E-state index contributed by atoms with van der Waals surface area (Å²) in [7, 11) is 2.99. The topological polar surface area (TPSA) is 66.0 Å². The van der Waals surface area contributed by atoms with E-state index in [2.05, 4.69) is 42.8 Å². The Morgan fingerprint density at radius 3 is 2.34 bits per heavy atom. The molecule has 178 valence electrons. The minimum Gasteiger partial charge on any atom is -0.493 e. The van der Waals surface area contributed by atoms with Gasteiger partial charge in [0, 0.05) is 29.5 Å². The number of hydrogen-bond donors (Lipinski definition) is 1. The minimum absolute atomic E-state index is 0.177. The third-order valence-electron chi connectivity index (χ3n) is 5.47. The van der Waals surface area contributed by atoms with Crippen molar-refractivity contribution in [2.24, 2.45) is 0 Å². The van der Waals surface area contributed by atoms with Gasteiger partial charge in [0.05, 0.1) is 21.3 Å². The highest BCUT2D eigenvalue weighted by atomic mass is 32.1. The van der Waals surface area contributed by atoms with Gasteiger partial charge in [0.25, 0.3) is 5.91 Å². The van der Waals surface area contributed by atoms with Crippen molar-refractivity contribution in [3.8, 4) is 17.2 Å². The molecule has 0 saturated carbocycles. The van der Waals surface area contributed by atoms with E-state index < -0.39 is 8.32 Å². The van der Waals surface area contributed by atoms with Gasteiger partial charge in [0.1, 0.15) is 0 Å². The maximum absolute atomic E-state index is 12.9. The quantitative estimate of drug-likeness (QED) is 0.352. The minimum atomic E-state index is -1.63. The number of methoxy groups -OCH3 is 3. The van der Waals surface area contributed by atoms with Crippen LogP contribution in [0, 0.1) is 0 Å². The molecule has 0 saturated heterocycles. The molecule has 1 aromatic carbocycles. The molecule has 1 N–H and O–H groups in total. The number of amides is 1. The summed E-state index contributed by atoms with van der Waals surface area (Å²) in [6.45, 7) is 8.04. The number of thiophene rings is 1. The molecular formula is C24H37NO5SSi. The number of benzene rings is 1. The van der Waals surface area contributed by atoms with Gasteiger partial charge in [-0.3, -0.25) is 4.79 Å². The van der Waals surface area contributed by atoms with Gasteiger partial charge in [-0.15, -0.1) is 11.3 Å². The number of ether oxygens (including phenoxy) is 3. The first-order chi connectivity index (χ1) is 15.3. The van der Waals surface area contributed by atoms with Crippen LogP contribution in [0.15, 0.2) is 29.6 Å². The first-order valence-electron chi connectivity index (χ1n) is 11.1. The van der Waals surface area contributed by atoms with E-state index in [1.54, 1.807) is 30.6 Å². The lowest BCUT2D eigenvalue weighted by Crippen LogP contribution is -2.32. The van der Waals surface area contributed by atoms with Gasteiger partial charge < -0.3 is 24.0 Å². The molecule has 8 heteroatoms. The van der Waals surface area contributed by atoms with Crippen molar-refractivity contribution in [1.29, 1.82) is 0 Å². The van der Waals surface area contributed by atoms with Crippen molar-refractivity contribution >= 4 is 25.6 Å². The molecule has 0 aliphatic heterocycles. The Morgan fingerprint density at radius 2 is 1.81 bits per heavy atom. The Bertz CT molecular complexity index is 816. The molecule has 1 heterocycles. The first-order valence-corrected chi connectivity index (χ1v) is 15.1. The van der Waals surface area contributed by atoms with Gasteiger partial charge in [-0.2, -0.15) is 0 Å². The van der Waals surface area contributed by atoms with Gasteiger partial charge >= 0.3 is 0 Å². The third kappa shape index (κ3) is 7.53. The zero-order valence-electron chi connectivity index (χ0n) is 20.2. The van der Waals surface area contributed by atoms with Crippen LogP contribution in [0.5, 0.6) is 17.2 Å². The van der Waals surface area contributed by atoms with E-state index in [0.29, 0.717) is 36.0 Å². The molecule has 6 nitrogen and oxygen atoms in total. The van der Waals surface area contributed by atoms with E-state index in [1.807, 2.05) is 0 Å². The maximum Gasteiger partial charge on any atom is 0.251 e. The maximum atomic E-state index is 12.9. The molecule has 0 spiro atoms. The molecule has 0 aliphatic rings. The van der Waals surface area contributed by atoms with Gasteiger partial charge in [-0.05, 0) is 49.1 Å². The summed E-state index contributed by atoms with van der Waals surface area (Å²) in [6.07, 6.45) is 3.29. The second kappa shape index (κ2) is 12.9. The van der Waals surface area contributed by atoms with Gasteiger partial charge in [-0.1, -0.05) is 25.8 Å². The summed E-state index contributed by atoms with van der Waals surface area (Å²) in [5, 5.41) is 5.15. The van der Waals surface area contributed by atoms with Crippen molar-refractivity contribution in [3.05, 3.63) is 40.1 Å². The summed E-state index contributed by atoms with van der Waals surface area (Å²) in [4.78, 5) is 14.2. The Morgan fingerprint density at radius 1 is 1.12 bits per heavy atom. The fraction of sp³-hybridized carbons (Fsp3) is 0.542. The van der Waals surface area contributed by atoms with E-state index in [-0.39, 0.29) is 11.8 Å². The van der Waals surface area contributed by atoms with Crippen molar-refractivity contribution in [2.75, 3.05) is 34.5 Å². The van der Waals surface area contributed by atoms with Crippen LogP contribution in [0.25, 0.3) is 0 Å². The smallest absolute Gasteiger partial charge is 0.251 e. The highest BCUT2D eigenvalue weighted by Crippen LogP contribution is 2.38. The molecule has 0 radical (unpaired) electrons. The average molecular weight is 480 g/mol. The van der Waals surface area contributed by atoms with Crippen molar-refractivity contribution in [1.82, 2.24) is 5.32 Å². The highest BCUT2D eigenvalue weighted by Gasteiger charge is 2.23. The molecule has 2 rings (SSSR count). The summed E-state index contributed by atoms with van der Waals surface area (Å²) in [5.74, 6) is 1.41. The monoisotopic (exact) mass is 479 g/mol. The number of unbranched alkanes of at least 4 members (excludes halogenated alkanes) is 1. The van der Waals surface area contributed by atoms with Gasteiger partial charge in [0.15, 0.2) is 19.8 Å². The lowest BCUT2D eigenvalue weighted by molar-refractivity contribution is 0.0949. The molecule has 32 heavy (non-hydrogen) atoms. The van der Waals surface area contributed by atoms with Crippen LogP contribution in [0.3, 0.4) is 0 Å². The van der Waals surface area contributed by atoms with Crippen LogP contribution in [-0.2, 0) is 4.43 Å². The first kappa shape index (κ1) is 26.2. The van der Waals surface area contributed by atoms with E-state index >= 15 is 0 Å². The van der Waals surface area contributed by atoms with Gasteiger partial charge in [-0.25, -0.2) is 0 Å². The van der Waals surface area contributed by atoms with Crippen LogP contribution in [0.1, 0.15) is 47.3 Å². The molecule has 0 fully saturated rings. The average Bonchev–Trinajstić information content (AvgIpc) is 3.33. The lowest BCUT2D eigenvalue weighted by atomic mass is 10.0. The molecule has 1 atom stereocenters. The van der Waals surface area contributed by atoms with E-state index in [9.17, 15) is 4.79 Å². The molecule has 0 aliphatic carbocycles. The number of rotatable bonds is 14. The van der Waals surface area contributed by atoms with Crippen LogP contribution in [0.4, 0.5) is 0 Å².